The Bertz CT molecular complexity index is 1180. The molecular formula is C25H22F2N2O4. The molecule has 170 valence electrons. The Hall–Kier alpha value is -4.07. The molecule has 0 radical (unpaired) electrons. The van der Waals surface area contributed by atoms with Crippen molar-refractivity contribution in [2.75, 3.05) is 11.9 Å². The summed E-state index contributed by atoms with van der Waals surface area (Å²) in [5.41, 5.74) is 2.37. The zero-order valence-electron chi connectivity index (χ0n) is 18.0. The van der Waals surface area contributed by atoms with Gasteiger partial charge in [0.15, 0.2) is 0 Å². The molecule has 1 unspecified atom stereocenters. The number of amides is 2. The van der Waals surface area contributed by atoms with Crippen LogP contribution in [0, 0.1) is 25.5 Å². The molecule has 33 heavy (non-hydrogen) atoms. The van der Waals surface area contributed by atoms with Crippen molar-refractivity contribution in [3.63, 3.8) is 0 Å². The molecule has 1 atom stereocenters. The van der Waals surface area contributed by atoms with Crippen molar-refractivity contribution in [1.82, 2.24) is 5.32 Å². The van der Waals surface area contributed by atoms with Gasteiger partial charge in [-0.05, 0) is 43.2 Å². The van der Waals surface area contributed by atoms with Crippen LogP contribution in [-0.2, 0) is 14.3 Å². The lowest BCUT2D eigenvalue weighted by molar-refractivity contribution is -0.153. The highest BCUT2D eigenvalue weighted by molar-refractivity contribution is 5.98. The zero-order chi connectivity index (χ0) is 24.0. The lowest BCUT2D eigenvalue weighted by atomic mass is 10.1. The number of esters is 1. The van der Waals surface area contributed by atoms with Crippen molar-refractivity contribution in [2.24, 2.45) is 0 Å². The number of aryl methyl sites for hydroxylation is 2. The maximum absolute atomic E-state index is 13.8. The van der Waals surface area contributed by atoms with E-state index in [2.05, 4.69) is 10.6 Å². The first-order valence-electron chi connectivity index (χ1n) is 10.1. The summed E-state index contributed by atoms with van der Waals surface area (Å²) in [6.07, 6.45) is -1.28. The van der Waals surface area contributed by atoms with E-state index < -0.39 is 47.6 Å². The van der Waals surface area contributed by atoms with Crippen molar-refractivity contribution in [3.8, 4) is 0 Å². The van der Waals surface area contributed by atoms with Gasteiger partial charge in [-0.3, -0.25) is 14.4 Å². The van der Waals surface area contributed by atoms with Gasteiger partial charge in [0.1, 0.15) is 18.2 Å². The predicted molar refractivity (Wildman–Crippen MR) is 119 cm³/mol. The lowest BCUT2D eigenvalue weighted by Gasteiger charge is -2.19. The van der Waals surface area contributed by atoms with E-state index in [9.17, 15) is 23.2 Å². The molecule has 0 spiro atoms. The van der Waals surface area contributed by atoms with Crippen molar-refractivity contribution in [3.05, 3.63) is 101 Å². The standard InChI is InChI=1S/C25H22F2N2O4/c1-15-8-9-16(2)21(12-15)29-25(32)23(17-6-4-3-5-7-17)33-22(30)14-28-24(31)19-11-10-18(26)13-20(19)27/h3-13,23H,14H2,1-2H3,(H,28,31)(H,29,32). The molecule has 0 saturated heterocycles. The lowest BCUT2D eigenvalue weighted by Crippen LogP contribution is -2.34. The van der Waals surface area contributed by atoms with Gasteiger partial charge in [0, 0.05) is 17.3 Å². The fourth-order valence-electron chi connectivity index (χ4n) is 3.06. The van der Waals surface area contributed by atoms with E-state index in [1.807, 2.05) is 26.0 Å². The Morgan fingerprint density at radius 1 is 0.939 bits per heavy atom. The molecule has 2 N–H and O–H groups in total. The maximum atomic E-state index is 13.8. The third kappa shape index (κ3) is 6.22. The summed E-state index contributed by atoms with van der Waals surface area (Å²) < 4.78 is 32.1. The highest BCUT2D eigenvalue weighted by Gasteiger charge is 2.26. The van der Waals surface area contributed by atoms with Crippen molar-refractivity contribution in [2.45, 2.75) is 20.0 Å². The normalized spacial score (nSPS) is 11.4. The third-order valence-electron chi connectivity index (χ3n) is 4.81. The number of carbonyl (C=O) groups is 3. The maximum Gasteiger partial charge on any atom is 0.326 e. The molecule has 2 amide bonds. The third-order valence-corrected chi connectivity index (χ3v) is 4.81. The van der Waals surface area contributed by atoms with Crippen LogP contribution in [0.1, 0.15) is 33.2 Å². The highest BCUT2D eigenvalue weighted by atomic mass is 19.1. The number of carbonyl (C=O) groups excluding carboxylic acids is 3. The second-order valence-corrected chi connectivity index (χ2v) is 7.40. The van der Waals surface area contributed by atoms with Gasteiger partial charge in [0.05, 0.1) is 5.56 Å². The van der Waals surface area contributed by atoms with Crippen LogP contribution in [0.25, 0.3) is 0 Å². The summed E-state index contributed by atoms with van der Waals surface area (Å²) in [5, 5.41) is 4.98. The molecule has 0 aliphatic rings. The molecule has 0 fully saturated rings. The number of anilines is 1. The smallest absolute Gasteiger partial charge is 0.326 e. The molecule has 0 saturated carbocycles. The molecule has 0 aliphatic heterocycles. The van der Waals surface area contributed by atoms with Gasteiger partial charge in [-0.1, -0.05) is 42.5 Å². The van der Waals surface area contributed by atoms with Crippen LogP contribution in [0.5, 0.6) is 0 Å². The Labute approximate surface area is 189 Å². The minimum atomic E-state index is -1.28. The van der Waals surface area contributed by atoms with E-state index in [0.29, 0.717) is 17.3 Å². The largest absolute Gasteiger partial charge is 0.446 e. The van der Waals surface area contributed by atoms with Crippen molar-refractivity contribution < 1.29 is 27.9 Å². The van der Waals surface area contributed by atoms with Crippen LogP contribution in [-0.4, -0.2) is 24.3 Å². The summed E-state index contributed by atoms with van der Waals surface area (Å²) in [4.78, 5) is 37.5. The Morgan fingerprint density at radius 3 is 2.36 bits per heavy atom. The number of benzene rings is 3. The van der Waals surface area contributed by atoms with E-state index in [1.165, 1.54) is 0 Å². The number of hydrogen-bond acceptors (Lipinski definition) is 4. The average Bonchev–Trinajstić information content (AvgIpc) is 2.78. The van der Waals surface area contributed by atoms with Gasteiger partial charge in [0.25, 0.3) is 11.8 Å². The van der Waals surface area contributed by atoms with Crippen LogP contribution in [0.15, 0.2) is 66.7 Å². The van der Waals surface area contributed by atoms with E-state index in [1.54, 1.807) is 36.4 Å². The molecule has 8 heteroatoms. The first-order chi connectivity index (χ1) is 15.7. The number of halogens is 2. The summed E-state index contributed by atoms with van der Waals surface area (Å²) in [7, 11) is 0. The minimum Gasteiger partial charge on any atom is -0.446 e. The molecule has 0 aromatic heterocycles. The van der Waals surface area contributed by atoms with Gasteiger partial charge >= 0.3 is 5.97 Å². The summed E-state index contributed by atoms with van der Waals surface area (Å²) in [6.45, 7) is 3.11. The van der Waals surface area contributed by atoms with Crippen LogP contribution < -0.4 is 10.6 Å². The summed E-state index contributed by atoms with van der Waals surface area (Å²) in [6, 6.07) is 16.4. The molecule has 6 nitrogen and oxygen atoms in total. The van der Waals surface area contributed by atoms with Crippen LogP contribution in [0.4, 0.5) is 14.5 Å². The second kappa shape index (κ2) is 10.5. The quantitative estimate of drug-likeness (QED) is 0.526. The number of rotatable bonds is 7. The van der Waals surface area contributed by atoms with E-state index in [0.717, 1.165) is 23.3 Å². The second-order valence-electron chi connectivity index (χ2n) is 7.40. The topological polar surface area (TPSA) is 84.5 Å². The zero-order valence-corrected chi connectivity index (χ0v) is 18.0. The SMILES string of the molecule is Cc1ccc(C)c(NC(=O)C(OC(=O)CNC(=O)c2ccc(F)cc2F)c2ccccc2)c1. The fraction of sp³-hybridized carbons (Fsp3) is 0.160. The van der Waals surface area contributed by atoms with Crippen LogP contribution >= 0.6 is 0 Å². The molecule has 3 rings (SSSR count). The Morgan fingerprint density at radius 2 is 1.67 bits per heavy atom. The summed E-state index contributed by atoms with van der Waals surface area (Å²) >= 11 is 0. The van der Waals surface area contributed by atoms with E-state index >= 15 is 0 Å². The molecule has 0 bridgehead atoms. The first kappa shape index (κ1) is 23.6. The number of ether oxygens (including phenoxy) is 1. The Balaban J connectivity index is 1.71. The van der Waals surface area contributed by atoms with Gasteiger partial charge in [-0.15, -0.1) is 0 Å². The van der Waals surface area contributed by atoms with Gasteiger partial charge in [0.2, 0.25) is 6.10 Å². The van der Waals surface area contributed by atoms with Crippen molar-refractivity contribution >= 4 is 23.5 Å². The first-order valence-corrected chi connectivity index (χ1v) is 10.1. The van der Waals surface area contributed by atoms with Gasteiger partial charge < -0.3 is 15.4 Å². The molecule has 0 heterocycles. The number of hydrogen-bond donors (Lipinski definition) is 2. The molecule has 3 aromatic carbocycles. The van der Waals surface area contributed by atoms with Gasteiger partial charge in [-0.25, -0.2) is 8.78 Å². The number of nitrogens with one attached hydrogen (secondary N) is 2. The summed E-state index contributed by atoms with van der Waals surface area (Å²) in [5.74, 6) is -4.28. The Kier molecular flexibility index (Phi) is 7.50. The highest BCUT2D eigenvalue weighted by Crippen LogP contribution is 2.22. The van der Waals surface area contributed by atoms with Crippen LogP contribution in [0.3, 0.4) is 0 Å². The average molecular weight is 452 g/mol. The van der Waals surface area contributed by atoms with E-state index in [4.69, 9.17) is 4.74 Å². The minimum absolute atomic E-state index is 0.420. The monoisotopic (exact) mass is 452 g/mol. The molecular weight excluding hydrogens is 430 g/mol. The van der Waals surface area contributed by atoms with Crippen molar-refractivity contribution in [1.29, 1.82) is 0 Å². The van der Waals surface area contributed by atoms with Crippen LogP contribution in [0.2, 0.25) is 0 Å². The molecule has 3 aromatic rings. The van der Waals surface area contributed by atoms with E-state index in [-0.39, 0.29) is 0 Å². The fourth-order valence-corrected chi connectivity index (χ4v) is 3.06. The molecule has 0 aliphatic carbocycles. The predicted octanol–water partition coefficient (Wildman–Crippen LogP) is 4.23. The van der Waals surface area contributed by atoms with Gasteiger partial charge in [-0.2, -0.15) is 0 Å².